The van der Waals surface area contributed by atoms with Gasteiger partial charge in [0.15, 0.2) is 0 Å². The van der Waals surface area contributed by atoms with E-state index in [1.807, 2.05) is 0 Å². The van der Waals surface area contributed by atoms with Crippen LogP contribution in [-0.4, -0.2) is 36.0 Å². The monoisotopic (exact) mass is 246 g/mol. The van der Waals surface area contributed by atoms with Crippen LogP contribution in [0.2, 0.25) is 0 Å². The Morgan fingerprint density at radius 3 is 2.12 bits per heavy atom. The van der Waals surface area contributed by atoms with E-state index in [-0.39, 0.29) is 17.8 Å². The van der Waals surface area contributed by atoms with E-state index in [0.717, 1.165) is 25.9 Å². The summed E-state index contributed by atoms with van der Waals surface area (Å²) in [5.41, 5.74) is -0.0310. The van der Waals surface area contributed by atoms with Gasteiger partial charge in [0.25, 0.3) is 0 Å². The predicted molar refractivity (Wildman–Crippen MR) is 67.8 cm³/mol. The second kappa shape index (κ2) is 4.92. The first-order chi connectivity index (χ1) is 7.01. The lowest BCUT2D eigenvalue weighted by Gasteiger charge is -2.44. The van der Waals surface area contributed by atoms with Crippen LogP contribution in [0.3, 0.4) is 0 Å². The smallest absolute Gasteiger partial charge is 0.228 e. The maximum absolute atomic E-state index is 12.3. The van der Waals surface area contributed by atoms with Gasteiger partial charge >= 0.3 is 0 Å². The van der Waals surface area contributed by atoms with Crippen LogP contribution in [0.5, 0.6) is 0 Å². The molecule has 1 N–H and O–H groups in total. The van der Waals surface area contributed by atoms with Crippen molar-refractivity contribution in [3.63, 3.8) is 0 Å². The number of nitrogens with one attached hydrogen (secondary N) is 1. The van der Waals surface area contributed by atoms with Gasteiger partial charge in [-0.2, -0.15) is 0 Å². The highest BCUT2D eigenvalue weighted by molar-refractivity contribution is 5.85. The Morgan fingerprint density at radius 2 is 1.75 bits per heavy atom. The van der Waals surface area contributed by atoms with Gasteiger partial charge in [-0.15, -0.1) is 12.4 Å². The van der Waals surface area contributed by atoms with Gasteiger partial charge in [-0.05, 0) is 26.7 Å². The molecular weight excluding hydrogens is 224 g/mol. The van der Waals surface area contributed by atoms with E-state index in [4.69, 9.17) is 0 Å². The Hall–Kier alpha value is -0.280. The largest absolute Gasteiger partial charge is 0.339 e. The lowest BCUT2D eigenvalue weighted by atomic mass is 9.69. The summed E-state index contributed by atoms with van der Waals surface area (Å²) in [5, 5.41) is 3.46. The zero-order chi connectivity index (χ0) is 11.1. The first kappa shape index (κ1) is 13.8. The molecule has 2 unspecified atom stereocenters. The molecule has 0 bridgehead atoms. The molecule has 1 amide bonds. The number of rotatable bonds is 1. The Bertz CT molecular complexity index is 256. The summed E-state index contributed by atoms with van der Waals surface area (Å²) in [6.07, 6.45) is 3.39. The van der Waals surface area contributed by atoms with Gasteiger partial charge < -0.3 is 10.2 Å². The summed E-state index contributed by atoms with van der Waals surface area (Å²) < 4.78 is 0. The molecule has 2 atom stereocenters. The van der Waals surface area contributed by atoms with Gasteiger partial charge in [0.05, 0.1) is 0 Å². The first-order valence-electron chi connectivity index (χ1n) is 6.07. The summed E-state index contributed by atoms with van der Waals surface area (Å²) in [6.45, 7) is 8.17. The van der Waals surface area contributed by atoms with Crippen LogP contribution in [0.1, 0.15) is 40.0 Å². The molecule has 3 nitrogen and oxygen atoms in total. The second-order valence-electron chi connectivity index (χ2n) is 5.59. The number of piperazine rings is 1. The van der Waals surface area contributed by atoms with Gasteiger partial charge in [-0.3, -0.25) is 4.79 Å². The SMILES string of the molecule is CC1CN(C(=O)C2(C)CCC2)CC(C)N1.Cl. The maximum atomic E-state index is 12.3. The molecule has 1 aliphatic heterocycles. The summed E-state index contributed by atoms with van der Waals surface area (Å²) in [6, 6.07) is 0.864. The molecule has 1 aliphatic carbocycles. The number of amides is 1. The molecule has 4 heteroatoms. The zero-order valence-electron chi connectivity index (χ0n) is 10.5. The van der Waals surface area contributed by atoms with Crippen LogP contribution < -0.4 is 5.32 Å². The summed E-state index contributed by atoms with van der Waals surface area (Å²) in [7, 11) is 0. The average molecular weight is 247 g/mol. The second-order valence-corrected chi connectivity index (χ2v) is 5.59. The number of carbonyl (C=O) groups is 1. The van der Waals surface area contributed by atoms with E-state index in [1.54, 1.807) is 0 Å². The van der Waals surface area contributed by atoms with Crippen molar-refractivity contribution in [1.29, 1.82) is 0 Å². The van der Waals surface area contributed by atoms with E-state index in [9.17, 15) is 4.79 Å². The fourth-order valence-corrected chi connectivity index (χ4v) is 2.80. The number of carbonyl (C=O) groups excluding carboxylic acids is 1. The van der Waals surface area contributed by atoms with Crippen molar-refractivity contribution in [2.45, 2.75) is 52.1 Å². The molecule has 2 fully saturated rings. The highest BCUT2D eigenvalue weighted by atomic mass is 35.5. The van der Waals surface area contributed by atoms with Gasteiger partial charge in [0.1, 0.15) is 0 Å². The van der Waals surface area contributed by atoms with Crippen molar-refractivity contribution in [2.24, 2.45) is 5.41 Å². The van der Waals surface area contributed by atoms with E-state index >= 15 is 0 Å². The average Bonchev–Trinajstić information content (AvgIpc) is 2.11. The standard InChI is InChI=1S/C12H22N2O.ClH/c1-9-7-14(8-10(2)13-9)11(15)12(3)5-4-6-12;/h9-10,13H,4-8H2,1-3H3;1H. The molecule has 0 aromatic carbocycles. The van der Waals surface area contributed by atoms with Crippen LogP contribution >= 0.6 is 12.4 Å². The van der Waals surface area contributed by atoms with E-state index in [2.05, 4.69) is 31.0 Å². The lowest BCUT2D eigenvalue weighted by molar-refractivity contribution is -0.147. The first-order valence-corrected chi connectivity index (χ1v) is 6.07. The fraction of sp³-hybridized carbons (Fsp3) is 0.917. The number of halogens is 1. The predicted octanol–water partition coefficient (Wildman–Crippen LogP) is 1.81. The summed E-state index contributed by atoms with van der Waals surface area (Å²) >= 11 is 0. The van der Waals surface area contributed by atoms with Crippen LogP contribution in [0.25, 0.3) is 0 Å². The molecular formula is C12H23ClN2O. The van der Waals surface area contributed by atoms with Crippen molar-refractivity contribution < 1.29 is 4.79 Å². The molecule has 0 spiro atoms. The molecule has 1 heterocycles. The Balaban J connectivity index is 0.00000128. The number of hydrogen-bond acceptors (Lipinski definition) is 2. The van der Waals surface area contributed by atoms with E-state index in [0.29, 0.717) is 18.0 Å². The number of hydrogen-bond donors (Lipinski definition) is 1. The van der Waals surface area contributed by atoms with Crippen LogP contribution in [0, 0.1) is 5.41 Å². The highest BCUT2D eigenvalue weighted by Gasteiger charge is 2.42. The highest BCUT2D eigenvalue weighted by Crippen LogP contribution is 2.42. The van der Waals surface area contributed by atoms with Crippen molar-refractivity contribution in [3.05, 3.63) is 0 Å². The fourth-order valence-electron chi connectivity index (χ4n) is 2.80. The van der Waals surface area contributed by atoms with Gasteiger partial charge in [0.2, 0.25) is 5.91 Å². The van der Waals surface area contributed by atoms with E-state index in [1.165, 1.54) is 6.42 Å². The normalized spacial score (nSPS) is 32.6. The third-order valence-corrected chi connectivity index (χ3v) is 3.82. The summed E-state index contributed by atoms with van der Waals surface area (Å²) in [4.78, 5) is 14.4. The molecule has 16 heavy (non-hydrogen) atoms. The minimum atomic E-state index is -0.0310. The zero-order valence-corrected chi connectivity index (χ0v) is 11.3. The van der Waals surface area contributed by atoms with Crippen LogP contribution in [-0.2, 0) is 4.79 Å². The van der Waals surface area contributed by atoms with Crippen LogP contribution in [0.15, 0.2) is 0 Å². The molecule has 1 saturated carbocycles. The molecule has 1 saturated heterocycles. The lowest BCUT2D eigenvalue weighted by Crippen LogP contribution is -2.59. The van der Waals surface area contributed by atoms with Crippen molar-refractivity contribution in [1.82, 2.24) is 10.2 Å². The third kappa shape index (κ3) is 2.51. The van der Waals surface area contributed by atoms with Gasteiger partial charge in [-0.1, -0.05) is 13.3 Å². The van der Waals surface area contributed by atoms with Crippen molar-refractivity contribution in [2.75, 3.05) is 13.1 Å². The Labute approximate surface area is 104 Å². The topological polar surface area (TPSA) is 32.3 Å². The number of nitrogens with zero attached hydrogens (tertiary/aromatic N) is 1. The molecule has 0 radical (unpaired) electrons. The van der Waals surface area contributed by atoms with E-state index < -0.39 is 0 Å². The molecule has 94 valence electrons. The molecule has 0 aromatic rings. The quantitative estimate of drug-likeness (QED) is 0.766. The Morgan fingerprint density at radius 1 is 1.25 bits per heavy atom. The molecule has 2 rings (SSSR count). The van der Waals surface area contributed by atoms with Crippen molar-refractivity contribution in [3.8, 4) is 0 Å². The van der Waals surface area contributed by atoms with Crippen molar-refractivity contribution >= 4 is 18.3 Å². The minimum Gasteiger partial charge on any atom is -0.339 e. The van der Waals surface area contributed by atoms with Gasteiger partial charge in [0, 0.05) is 30.6 Å². The summed E-state index contributed by atoms with van der Waals surface area (Å²) in [5.74, 6) is 0.383. The maximum Gasteiger partial charge on any atom is 0.228 e. The van der Waals surface area contributed by atoms with Crippen LogP contribution in [0.4, 0.5) is 0 Å². The molecule has 0 aromatic heterocycles. The van der Waals surface area contributed by atoms with Gasteiger partial charge in [-0.25, -0.2) is 0 Å². The Kier molecular flexibility index (Phi) is 4.24. The minimum absolute atomic E-state index is 0. The molecule has 2 aliphatic rings. The third-order valence-electron chi connectivity index (χ3n) is 3.82.